The third-order valence-corrected chi connectivity index (χ3v) is 7.09. The highest BCUT2D eigenvalue weighted by atomic mass is 32.2. The average molecular weight is 569 g/mol. The lowest BCUT2D eigenvalue weighted by Gasteiger charge is -2.28. The standard InChI is InChI=1S/C25H21F5N4O4S/c1-24(2)22(35)34(17-8-9-20(27)19(12-17)25(28,29)30)23(36)33(24)13-14-6-7-15(26)10-21(14)32-16-4-3-5-18(11-16)39(31,37)38/h3-12,32H,13H2,1-2H3,(H2,31,37,38). The van der Waals surface area contributed by atoms with E-state index in [1.807, 2.05) is 0 Å². The highest BCUT2D eigenvalue weighted by Crippen LogP contribution is 2.38. The summed E-state index contributed by atoms with van der Waals surface area (Å²) >= 11 is 0. The molecule has 4 rings (SSSR count). The topological polar surface area (TPSA) is 113 Å². The second-order valence-electron chi connectivity index (χ2n) is 9.23. The molecule has 206 valence electrons. The smallest absolute Gasteiger partial charge is 0.355 e. The zero-order valence-corrected chi connectivity index (χ0v) is 21.2. The highest BCUT2D eigenvalue weighted by Gasteiger charge is 2.52. The van der Waals surface area contributed by atoms with E-state index in [9.17, 15) is 40.0 Å². The van der Waals surface area contributed by atoms with Gasteiger partial charge in [-0.05, 0) is 67.9 Å². The number of benzene rings is 3. The Balaban J connectivity index is 1.69. The molecule has 39 heavy (non-hydrogen) atoms. The van der Waals surface area contributed by atoms with Gasteiger partial charge in [-0.15, -0.1) is 0 Å². The molecule has 3 aromatic rings. The number of rotatable bonds is 6. The molecule has 14 heteroatoms. The van der Waals surface area contributed by atoms with Crippen LogP contribution in [0.1, 0.15) is 25.0 Å². The third-order valence-electron chi connectivity index (χ3n) is 6.18. The predicted octanol–water partition coefficient (Wildman–Crippen LogP) is 5.12. The Morgan fingerprint density at radius 2 is 1.67 bits per heavy atom. The molecule has 0 saturated carbocycles. The van der Waals surface area contributed by atoms with Gasteiger partial charge in [0.25, 0.3) is 5.91 Å². The van der Waals surface area contributed by atoms with Crippen LogP contribution in [-0.4, -0.2) is 30.8 Å². The average Bonchev–Trinajstić information content (AvgIpc) is 2.99. The number of urea groups is 1. The largest absolute Gasteiger partial charge is 0.419 e. The Labute approximate surface area is 219 Å². The molecule has 0 unspecified atom stereocenters. The number of carbonyl (C=O) groups is 2. The van der Waals surface area contributed by atoms with Gasteiger partial charge in [0.1, 0.15) is 17.2 Å². The molecule has 3 amide bonds. The summed E-state index contributed by atoms with van der Waals surface area (Å²) in [5.41, 5.74) is -3.01. The van der Waals surface area contributed by atoms with Gasteiger partial charge >= 0.3 is 12.2 Å². The summed E-state index contributed by atoms with van der Waals surface area (Å²) in [5.74, 6) is -3.08. The molecule has 3 N–H and O–H groups in total. The van der Waals surface area contributed by atoms with Crippen LogP contribution in [-0.2, 0) is 27.5 Å². The molecule has 1 saturated heterocycles. The minimum atomic E-state index is -5.06. The lowest BCUT2D eigenvalue weighted by molar-refractivity contribution is -0.140. The normalized spacial score (nSPS) is 15.7. The van der Waals surface area contributed by atoms with Crippen LogP contribution in [0.3, 0.4) is 0 Å². The molecule has 1 heterocycles. The molecule has 0 radical (unpaired) electrons. The van der Waals surface area contributed by atoms with Gasteiger partial charge < -0.3 is 10.2 Å². The van der Waals surface area contributed by atoms with Gasteiger partial charge in [0.05, 0.1) is 22.7 Å². The molecular formula is C25H21F5N4O4S. The number of nitrogens with two attached hydrogens (primary N) is 1. The van der Waals surface area contributed by atoms with Crippen molar-refractivity contribution in [1.29, 1.82) is 0 Å². The summed E-state index contributed by atoms with van der Waals surface area (Å²) in [6, 6.07) is 9.71. The van der Waals surface area contributed by atoms with Crippen LogP contribution >= 0.6 is 0 Å². The van der Waals surface area contributed by atoms with E-state index >= 15 is 0 Å². The van der Waals surface area contributed by atoms with Crippen molar-refractivity contribution in [2.75, 3.05) is 10.2 Å². The van der Waals surface area contributed by atoms with Gasteiger partial charge in [0, 0.05) is 11.4 Å². The van der Waals surface area contributed by atoms with Crippen LogP contribution in [0.4, 0.5) is 43.8 Å². The number of sulfonamides is 1. The van der Waals surface area contributed by atoms with Crippen molar-refractivity contribution in [3.8, 4) is 0 Å². The molecule has 1 fully saturated rings. The van der Waals surface area contributed by atoms with E-state index in [0.717, 1.165) is 23.1 Å². The van der Waals surface area contributed by atoms with Gasteiger partial charge in [-0.3, -0.25) is 4.79 Å². The van der Waals surface area contributed by atoms with Crippen LogP contribution in [0.15, 0.2) is 65.6 Å². The lowest BCUT2D eigenvalue weighted by Crippen LogP contribution is -2.43. The number of hydrogen-bond acceptors (Lipinski definition) is 5. The second kappa shape index (κ2) is 9.61. The molecule has 3 aromatic carbocycles. The fourth-order valence-corrected chi connectivity index (χ4v) is 4.64. The fraction of sp³-hybridized carbons (Fsp3) is 0.200. The molecular weight excluding hydrogens is 547 g/mol. The number of anilines is 3. The van der Waals surface area contributed by atoms with E-state index < -0.39 is 56.6 Å². The van der Waals surface area contributed by atoms with Crippen molar-refractivity contribution in [3.63, 3.8) is 0 Å². The number of primary sulfonamides is 1. The van der Waals surface area contributed by atoms with Crippen LogP contribution < -0.4 is 15.4 Å². The molecule has 1 aliphatic rings. The first-order chi connectivity index (χ1) is 18.0. The molecule has 0 aromatic heterocycles. The number of carbonyl (C=O) groups excluding carboxylic acids is 2. The Hall–Kier alpha value is -4.04. The minimum Gasteiger partial charge on any atom is -0.355 e. The maximum atomic E-state index is 14.2. The minimum absolute atomic E-state index is 0.122. The zero-order chi connectivity index (χ0) is 28.9. The van der Waals surface area contributed by atoms with Crippen molar-refractivity contribution >= 4 is 39.0 Å². The lowest BCUT2D eigenvalue weighted by atomic mass is 10.0. The Morgan fingerprint density at radius 1 is 0.974 bits per heavy atom. The van der Waals surface area contributed by atoms with Gasteiger partial charge in [-0.2, -0.15) is 13.2 Å². The summed E-state index contributed by atoms with van der Waals surface area (Å²) in [4.78, 5) is 27.9. The van der Waals surface area contributed by atoms with Crippen LogP contribution in [0.25, 0.3) is 0 Å². The second-order valence-corrected chi connectivity index (χ2v) is 10.8. The van der Waals surface area contributed by atoms with Gasteiger partial charge in [-0.25, -0.2) is 32.0 Å². The van der Waals surface area contributed by atoms with E-state index in [2.05, 4.69) is 5.32 Å². The van der Waals surface area contributed by atoms with Gasteiger partial charge in [0.15, 0.2) is 0 Å². The number of nitrogens with one attached hydrogen (secondary N) is 1. The van der Waals surface area contributed by atoms with E-state index in [-0.39, 0.29) is 22.8 Å². The number of alkyl halides is 3. The van der Waals surface area contributed by atoms with Crippen LogP contribution in [0.2, 0.25) is 0 Å². The van der Waals surface area contributed by atoms with Crippen molar-refractivity contribution < 1.29 is 40.0 Å². The zero-order valence-electron chi connectivity index (χ0n) is 20.4. The number of nitrogens with zero attached hydrogens (tertiary/aromatic N) is 2. The highest BCUT2D eigenvalue weighted by molar-refractivity contribution is 7.89. The maximum Gasteiger partial charge on any atom is 0.419 e. The third kappa shape index (κ3) is 5.43. The summed E-state index contributed by atoms with van der Waals surface area (Å²) in [6.45, 7) is 2.47. The van der Waals surface area contributed by atoms with Crippen molar-refractivity contribution in [2.45, 2.75) is 37.0 Å². The van der Waals surface area contributed by atoms with E-state index in [0.29, 0.717) is 22.6 Å². The SMILES string of the molecule is CC1(C)C(=O)N(c2ccc(F)c(C(F)(F)F)c2)C(=O)N1Cc1ccc(F)cc1Nc1cccc(S(N)(=O)=O)c1. The fourth-order valence-electron chi connectivity index (χ4n) is 4.08. The number of hydrogen-bond donors (Lipinski definition) is 2. The van der Waals surface area contributed by atoms with Crippen molar-refractivity contribution in [3.05, 3.63) is 83.4 Å². The van der Waals surface area contributed by atoms with E-state index in [4.69, 9.17) is 5.14 Å². The van der Waals surface area contributed by atoms with E-state index in [1.165, 1.54) is 44.2 Å². The van der Waals surface area contributed by atoms with Crippen molar-refractivity contribution in [1.82, 2.24) is 4.90 Å². The molecule has 0 aliphatic carbocycles. The monoisotopic (exact) mass is 568 g/mol. The number of amides is 3. The first-order valence-electron chi connectivity index (χ1n) is 11.2. The number of imide groups is 1. The Bertz CT molecular complexity index is 1590. The van der Waals surface area contributed by atoms with Gasteiger partial charge in [-0.1, -0.05) is 12.1 Å². The summed E-state index contributed by atoms with van der Waals surface area (Å²) in [5, 5.41) is 8.03. The molecule has 0 bridgehead atoms. The first kappa shape index (κ1) is 28.0. The van der Waals surface area contributed by atoms with Crippen LogP contribution in [0.5, 0.6) is 0 Å². The molecule has 1 aliphatic heterocycles. The van der Waals surface area contributed by atoms with Gasteiger partial charge in [0.2, 0.25) is 10.0 Å². The molecule has 0 atom stereocenters. The van der Waals surface area contributed by atoms with Crippen molar-refractivity contribution in [2.24, 2.45) is 5.14 Å². The maximum absolute atomic E-state index is 14.2. The molecule has 0 spiro atoms. The quantitative estimate of drug-likeness (QED) is 0.317. The Morgan fingerprint density at radius 3 is 2.31 bits per heavy atom. The first-order valence-corrected chi connectivity index (χ1v) is 12.8. The summed E-state index contributed by atoms with van der Waals surface area (Å²) in [7, 11) is -4.03. The van der Waals surface area contributed by atoms with E-state index in [1.54, 1.807) is 0 Å². The predicted molar refractivity (Wildman–Crippen MR) is 131 cm³/mol. The Kier molecular flexibility index (Phi) is 6.89. The van der Waals surface area contributed by atoms with Crippen LogP contribution in [0, 0.1) is 11.6 Å². The number of halogens is 5. The summed E-state index contributed by atoms with van der Waals surface area (Å²) < 4.78 is 91.1. The molecule has 8 nitrogen and oxygen atoms in total. The summed E-state index contributed by atoms with van der Waals surface area (Å²) in [6.07, 6.45) is -5.06.